The maximum absolute atomic E-state index is 11.8. The molecular weight excluding hydrogens is 252 g/mol. The highest BCUT2D eigenvalue weighted by molar-refractivity contribution is 5.91. The summed E-state index contributed by atoms with van der Waals surface area (Å²) in [5, 5.41) is 6.31. The molecule has 1 aromatic rings. The molecule has 20 heavy (non-hydrogen) atoms. The molecule has 0 radical (unpaired) electrons. The van der Waals surface area contributed by atoms with Crippen LogP contribution in [0.15, 0.2) is 30.3 Å². The van der Waals surface area contributed by atoms with Gasteiger partial charge < -0.3 is 15.4 Å². The first-order chi connectivity index (χ1) is 9.78. The highest BCUT2D eigenvalue weighted by atomic mass is 16.5. The second-order valence-electron chi connectivity index (χ2n) is 4.87. The van der Waals surface area contributed by atoms with E-state index in [0.717, 1.165) is 37.2 Å². The van der Waals surface area contributed by atoms with E-state index in [9.17, 15) is 4.79 Å². The van der Waals surface area contributed by atoms with Crippen LogP contribution in [0.5, 0.6) is 5.75 Å². The number of rotatable bonds is 5. The van der Waals surface area contributed by atoms with E-state index < -0.39 is 0 Å². The van der Waals surface area contributed by atoms with Gasteiger partial charge >= 0.3 is 0 Å². The first kappa shape index (κ1) is 14.6. The van der Waals surface area contributed by atoms with Crippen LogP contribution in [0.1, 0.15) is 25.3 Å². The molecule has 0 aliphatic carbocycles. The quantitative estimate of drug-likeness (QED) is 0.807. The minimum Gasteiger partial charge on any atom is -0.494 e. The van der Waals surface area contributed by atoms with Gasteiger partial charge in [-0.2, -0.15) is 0 Å². The summed E-state index contributed by atoms with van der Waals surface area (Å²) in [5.41, 5.74) is 0.994. The Kier molecular flexibility index (Phi) is 5.62. The highest BCUT2D eigenvalue weighted by Crippen LogP contribution is 2.13. The largest absolute Gasteiger partial charge is 0.494 e. The zero-order valence-corrected chi connectivity index (χ0v) is 11.9. The Labute approximate surface area is 120 Å². The molecule has 4 nitrogen and oxygen atoms in total. The third-order valence-electron chi connectivity index (χ3n) is 3.30. The van der Waals surface area contributed by atoms with Crippen LogP contribution in [-0.4, -0.2) is 31.6 Å². The van der Waals surface area contributed by atoms with Crippen LogP contribution in [0, 0.1) is 0 Å². The molecule has 1 saturated heterocycles. The summed E-state index contributed by atoms with van der Waals surface area (Å²) >= 11 is 0. The van der Waals surface area contributed by atoms with Crippen LogP contribution in [-0.2, 0) is 4.79 Å². The number of ether oxygens (including phenoxy) is 1. The van der Waals surface area contributed by atoms with Crippen molar-refractivity contribution in [3.63, 3.8) is 0 Å². The van der Waals surface area contributed by atoms with E-state index in [-0.39, 0.29) is 5.91 Å². The van der Waals surface area contributed by atoms with Crippen LogP contribution in [0.3, 0.4) is 0 Å². The van der Waals surface area contributed by atoms with Gasteiger partial charge in [-0.05, 0) is 56.6 Å². The van der Waals surface area contributed by atoms with Gasteiger partial charge in [-0.15, -0.1) is 0 Å². The summed E-state index contributed by atoms with van der Waals surface area (Å²) in [4.78, 5) is 11.8. The zero-order valence-electron chi connectivity index (χ0n) is 11.9. The van der Waals surface area contributed by atoms with Gasteiger partial charge in [0, 0.05) is 12.1 Å². The van der Waals surface area contributed by atoms with Crippen molar-refractivity contribution in [3.05, 3.63) is 35.9 Å². The molecule has 0 aromatic heterocycles. The second kappa shape index (κ2) is 7.70. The molecule has 0 saturated carbocycles. The van der Waals surface area contributed by atoms with Crippen molar-refractivity contribution in [2.24, 2.45) is 0 Å². The Morgan fingerprint density at radius 1 is 1.35 bits per heavy atom. The van der Waals surface area contributed by atoms with Crippen LogP contribution in [0.25, 0.3) is 6.08 Å². The van der Waals surface area contributed by atoms with Crippen molar-refractivity contribution in [2.75, 3.05) is 19.7 Å². The molecule has 1 aromatic carbocycles. The van der Waals surface area contributed by atoms with Crippen LogP contribution < -0.4 is 15.4 Å². The van der Waals surface area contributed by atoms with Crippen molar-refractivity contribution >= 4 is 12.0 Å². The Balaban J connectivity index is 1.83. The van der Waals surface area contributed by atoms with E-state index in [1.165, 1.54) is 0 Å². The fourth-order valence-electron chi connectivity index (χ4n) is 2.23. The number of piperidine rings is 1. The van der Waals surface area contributed by atoms with Crippen molar-refractivity contribution in [2.45, 2.75) is 25.8 Å². The van der Waals surface area contributed by atoms with Gasteiger partial charge in [0.25, 0.3) is 0 Å². The fraction of sp³-hybridized carbons (Fsp3) is 0.438. The summed E-state index contributed by atoms with van der Waals surface area (Å²) in [5.74, 6) is 0.828. The molecule has 0 unspecified atom stereocenters. The normalized spacial score (nSPS) is 16.2. The molecule has 1 heterocycles. The van der Waals surface area contributed by atoms with Crippen LogP contribution in [0.2, 0.25) is 0 Å². The van der Waals surface area contributed by atoms with Crippen LogP contribution in [0.4, 0.5) is 0 Å². The van der Waals surface area contributed by atoms with E-state index in [0.29, 0.717) is 12.6 Å². The monoisotopic (exact) mass is 274 g/mol. The van der Waals surface area contributed by atoms with Gasteiger partial charge in [0.05, 0.1) is 6.61 Å². The Morgan fingerprint density at radius 3 is 2.70 bits per heavy atom. The lowest BCUT2D eigenvalue weighted by atomic mass is 10.1. The average molecular weight is 274 g/mol. The summed E-state index contributed by atoms with van der Waals surface area (Å²) < 4.78 is 5.38. The second-order valence-corrected chi connectivity index (χ2v) is 4.87. The molecule has 0 bridgehead atoms. The maximum Gasteiger partial charge on any atom is 0.244 e. The number of benzene rings is 1. The number of nitrogens with one attached hydrogen (secondary N) is 2. The molecule has 108 valence electrons. The van der Waals surface area contributed by atoms with Gasteiger partial charge in [0.15, 0.2) is 0 Å². The third-order valence-corrected chi connectivity index (χ3v) is 3.30. The van der Waals surface area contributed by atoms with Gasteiger partial charge in [-0.3, -0.25) is 4.79 Å². The summed E-state index contributed by atoms with van der Waals surface area (Å²) in [7, 11) is 0. The highest BCUT2D eigenvalue weighted by Gasteiger charge is 2.13. The van der Waals surface area contributed by atoms with Gasteiger partial charge in [-0.1, -0.05) is 12.1 Å². The number of amides is 1. The molecule has 1 aliphatic rings. The lowest BCUT2D eigenvalue weighted by Crippen LogP contribution is -2.42. The zero-order chi connectivity index (χ0) is 14.2. The number of carbonyl (C=O) groups is 1. The molecule has 1 amide bonds. The third kappa shape index (κ3) is 4.70. The van der Waals surface area contributed by atoms with E-state index in [1.54, 1.807) is 6.08 Å². The van der Waals surface area contributed by atoms with E-state index in [2.05, 4.69) is 10.6 Å². The molecule has 1 aliphatic heterocycles. The fourth-order valence-corrected chi connectivity index (χ4v) is 2.23. The first-order valence-electron chi connectivity index (χ1n) is 7.20. The Hall–Kier alpha value is -1.81. The molecular formula is C16H22N2O2. The summed E-state index contributed by atoms with van der Waals surface area (Å²) in [6, 6.07) is 8.01. The molecule has 0 spiro atoms. The van der Waals surface area contributed by atoms with Crippen molar-refractivity contribution in [1.82, 2.24) is 10.6 Å². The molecule has 2 rings (SSSR count). The van der Waals surface area contributed by atoms with Crippen molar-refractivity contribution in [3.8, 4) is 5.75 Å². The van der Waals surface area contributed by atoms with Gasteiger partial charge in [-0.25, -0.2) is 0 Å². The Morgan fingerprint density at radius 2 is 2.05 bits per heavy atom. The smallest absolute Gasteiger partial charge is 0.244 e. The lowest BCUT2D eigenvalue weighted by molar-refractivity contribution is -0.117. The van der Waals surface area contributed by atoms with Gasteiger partial charge in [0.2, 0.25) is 5.91 Å². The van der Waals surface area contributed by atoms with Crippen LogP contribution >= 0.6 is 0 Å². The predicted molar refractivity (Wildman–Crippen MR) is 80.7 cm³/mol. The minimum atomic E-state index is -0.0224. The molecule has 1 fully saturated rings. The SMILES string of the molecule is CCOc1ccc(/C=C/C(=O)NC2CCNCC2)cc1. The summed E-state index contributed by atoms with van der Waals surface area (Å²) in [6.07, 6.45) is 5.43. The number of hydrogen-bond acceptors (Lipinski definition) is 3. The lowest BCUT2D eigenvalue weighted by Gasteiger charge is -2.22. The number of hydrogen-bond donors (Lipinski definition) is 2. The topological polar surface area (TPSA) is 50.4 Å². The Bertz CT molecular complexity index is 448. The minimum absolute atomic E-state index is 0.0224. The van der Waals surface area contributed by atoms with Crippen molar-refractivity contribution in [1.29, 1.82) is 0 Å². The van der Waals surface area contributed by atoms with E-state index in [1.807, 2.05) is 37.3 Å². The standard InChI is InChI=1S/C16H22N2O2/c1-2-20-15-6-3-13(4-7-15)5-8-16(19)18-14-9-11-17-12-10-14/h3-8,14,17H,2,9-12H2,1H3,(H,18,19)/b8-5+. The number of carbonyl (C=O) groups excluding carboxylic acids is 1. The van der Waals surface area contributed by atoms with Crippen molar-refractivity contribution < 1.29 is 9.53 Å². The predicted octanol–water partition coefficient (Wildman–Crippen LogP) is 1.97. The molecule has 4 heteroatoms. The van der Waals surface area contributed by atoms with Gasteiger partial charge in [0.1, 0.15) is 5.75 Å². The molecule has 0 atom stereocenters. The van der Waals surface area contributed by atoms with E-state index in [4.69, 9.17) is 4.74 Å². The summed E-state index contributed by atoms with van der Waals surface area (Å²) in [6.45, 7) is 4.58. The molecule has 2 N–H and O–H groups in total. The maximum atomic E-state index is 11.8. The average Bonchev–Trinajstić information content (AvgIpc) is 2.48. The first-order valence-corrected chi connectivity index (χ1v) is 7.20. The van der Waals surface area contributed by atoms with E-state index >= 15 is 0 Å².